The third kappa shape index (κ3) is 3.47. The Labute approximate surface area is 158 Å². The van der Waals surface area contributed by atoms with Gasteiger partial charge in [-0.05, 0) is 62.1 Å². The Balaban J connectivity index is 1.42. The van der Waals surface area contributed by atoms with E-state index in [9.17, 15) is 9.90 Å². The first-order chi connectivity index (χ1) is 13.1. The highest BCUT2D eigenvalue weighted by molar-refractivity contribution is 5.92. The Hall–Kier alpha value is -2.31. The molecule has 2 aliphatic rings. The average Bonchev–Trinajstić information content (AvgIpc) is 3.21. The number of rotatable bonds is 3. The molecule has 1 spiro atoms. The molecule has 6 nitrogen and oxygen atoms in total. The monoisotopic (exact) mass is 371 g/mol. The first-order valence-electron chi connectivity index (χ1n) is 9.47. The maximum Gasteiger partial charge on any atom is 0.289 e. The van der Waals surface area contributed by atoms with E-state index in [0.717, 1.165) is 24.2 Å². The van der Waals surface area contributed by atoms with Gasteiger partial charge < -0.3 is 23.9 Å². The Morgan fingerprint density at radius 3 is 2.59 bits per heavy atom. The summed E-state index contributed by atoms with van der Waals surface area (Å²) in [6.07, 6.45) is 2.55. The van der Waals surface area contributed by atoms with Crippen molar-refractivity contribution in [2.45, 2.75) is 37.4 Å². The molecule has 1 N–H and O–H groups in total. The predicted octanol–water partition coefficient (Wildman–Crippen LogP) is 3.10. The van der Waals surface area contributed by atoms with Gasteiger partial charge in [-0.25, -0.2) is 0 Å². The summed E-state index contributed by atoms with van der Waals surface area (Å²) in [6.45, 7) is 1.82. The van der Waals surface area contributed by atoms with Gasteiger partial charge in [0.05, 0.1) is 18.8 Å². The number of hydrogen-bond acceptors (Lipinski definition) is 5. The van der Waals surface area contributed by atoms with E-state index in [2.05, 4.69) is 0 Å². The lowest BCUT2D eigenvalue weighted by Gasteiger charge is -2.46. The fraction of sp³-hybridized carbons (Fsp3) is 0.476. The molecule has 1 aromatic heterocycles. The molecule has 2 fully saturated rings. The standard InChI is InChI=1S/C21H25NO5/c1-25-16-6-4-15(5-7-16)17-8-9-18(27-17)20(24)22-12-10-21(11-13-22)19(23)3-2-14-26-21/h4-9,19,23H,2-3,10-14H2,1H3/t19-/m0/s1. The molecule has 0 radical (unpaired) electrons. The van der Waals surface area contributed by atoms with Gasteiger partial charge in [-0.15, -0.1) is 0 Å². The average molecular weight is 371 g/mol. The number of benzene rings is 1. The molecule has 2 saturated heterocycles. The second kappa shape index (κ2) is 7.37. The van der Waals surface area contributed by atoms with E-state index in [1.807, 2.05) is 30.3 Å². The number of furan rings is 1. The molecule has 144 valence electrons. The van der Waals surface area contributed by atoms with Crippen molar-refractivity contribution in [3.8, 4) is 17.1 Å². The zero-order valence-electron chi connectivity index (χ0n) is 15.5. The summed E-state index contributed by atoms with van der Waals surface area (Å²) in [7, 11) is 1.62. The summed E-state index contributed by atoms with van der Waals surface area (Å²) < 4.78 is 16.9. The number of ether oxygens (including phenoxy) is 2. The van der Waals surface area contributed by atoms with Crippen molar-refractivity contribution >= 4 is 5.91 Å². The number of piperidine rings is 1. The molecular formula is C21H25NO5. The second-order valence-electron chi connectivity index (χ2n) is 7.26. The van der Waals surface area contributed by atoms with Gasteiger partial charge in [0.1, 0.15) is 11.5 Å². The molecule has 27 heavy (non-hydrogen) atoms. The number of methoxy groups -OCH3 is 1. The first kappa shape index (κ1) is 18.1. The molecule has 3 heterocycles. The quantitative estimate of drug-likeness (QED) is 0.898. The van der Waals surface area contributed by atoms with Crippen molar-refractivity contribution in [3.05, 3.63) is 42.2 Å². The largest absolute Gasteiger partial charge is 0.497 e. The van der Waals surface area contributed by atoms with Crippen LogP contribution < -0.4 is 4.74 Å². The molecule has 1 aromatic carbocycles. The summed E-state index contributed by atoms with van der Waals surface area (Å²) in [4.78, 5) is 14.6. The highest BCUT2D eigenvalue weighted by atomic mass is 16.5. The van der Waals surface area contributed by atoms with E-state index < -0.39 is 11.7 Å². The summed E-state index contributed by atoms with van der Waals surface area (Å²) >= 11 is 0. The summed E-state index contributed by atoms with van der Waals surface area (Å²) in [5.41, 5.74) is 0.415. The van der Waals surface area contributed by atoms with Gasteiger partial charge in [-0.2, -0.15) is 0 Å². The maximum atomic E-state index is 12.8. The third-order valence-corrected chi connectivity index (χ3v) is 5.71. The number of nitrogens with zero attached hydrogens (tertiary/aromatic N) is 1. The molecular weight excluding hydrogens is 346 g/mol. The summed E-state index contributed by atoms with van der Waals surface area (Å²) in [5, 5.41) is 10.3. The minimum absolute atomic E-state index is 0.116. The van der Waals surface area contributed by atoms with Gasteiger partial charge in [0.2, 0.25) is 0 Å². The molecule has 0 aliphatic carbocycles. The lowest BCUT2D eigenvalue weighted by atomic mass is 9.82. The third-order valence-electron chi connectivity index (χ3n) is 5.71. The first-order valence-corrected chi connectivity index (χ1v) is 9.47. The smallest absolute Gasteiger partial charge is 0.289 e. The van der Waals surface area contributed by atoms with Crippen LogP contribution in [0.2, 0.25) is 0 Å². The lowest BCUT2D eigenvalue weighted by molar-refractivity contribution is -0.174. The Morgan fingerprint density at radius 2 is 1.93 bits per heavy atom. The van der Waals surface area contributed by atoms with Gasteiger partial charge >= 0.3 is 0 Å². The molecule has 0 bridgehead atoms. The number of likely N-dealkylation sites (tertiary alicyclic amines) is 1. The lowest BCUT2D eigenvalue weighted by Crippen LogP contribution is -2.56. The van der Waals surface area contributed by atoms with Crippen LogP contribution in [-0.2, 0) is 4.74 Å². The number of aliphatic hydroxyl groups excluding tert-OH is 1. The van der Waals surface area contributed by atoms with Crippen LogP contribution in [0.25, 0.3) is 11.3 Å². The summed E-state index contributed by atoms with van der Waals surface area (Å²) in [6, 6.07) is 11.1. The van der Waals surface area contributed by atoms with Gasteiger partial charge in [0.25, 0.3) is 5.91 Å². The van der Waals surface area contributed by atoms with Crippen LogP contribution >= 0.6 is 0 Å². The number of aliphatic hydroxyl groups is 1. The second-order valence-corrected chi connectivity index (χ2v) is 7.26. The molecule has 4 rings (SSSR count). The molecule has 2 aliphatic heterocycles. The van der Waals surface area contributed by atoms with Crippen molar-refractivity contribution in [2.24, 2.45) is 0 Å². The van der Waals surface area contributed by atoms with Crippen molar-refractivity contribution in [2.75, 3.05) is 26.8 Å². The number of hydrogen-bond donors (Lipinski definition) is 1. The minimum Gasteiger partial charge on any atom is -0.497 e. The predicted molar refractivity (Wildman–Crippen MR) is 99.8 cm³/mol. The van der Waals surface area contributed by atoms with Crippen LogP contribution in [0.5, 0.6) is 5.75 Å². The molecule has 1 amide bonds. The number of carbonyl (C=O) groups excluding carboxylic acids is 1. The molecule has 0 saturated carbocycles. The van der Waals surface area contributed by atoms with Gasteiger partial charge in [-0.3, -0.25) is 4.79 Å². The summed E-state index contributed by atoms with van der Waals surface area (Å²) in [5.74, 6) is 1.65. The van der Waals surface area contributed by atoms with Gasteiger partial charge in [-0.1, -0.05) is 0 Å². The fourth-order valence-corrected chi connectivity index (χ4v) is 4.00. The molecule has 6 heteroatoms. The van der Waals surface area contributed by atoms with Crippen molar-refractivity contribution in [3.63, 3.8) is 0 Å². The zero-order chi connectivity index (χ0) is 18.9. The van der Waals surface area contributed by atoms with Crippen molar-refractivity contribution < 1.29 is 23.8 Å². The zero-order valence-corrected chi connectivity index (χ0v) is 15.5. The van der Waals surface area contributed by atoms with E-state index in [1.165, 1.54) is 0 Å². The van der Waals surface area contributed by atoms with E-state index in [-0.39, 0.29) is 5.91 Å². The van der Waals surface area contributed by atoms with Crippen LogP contribution in [0.3, 0.4) is 0 Å². The van der Waals surface area contributed by atoms with E-state index in [1.54, 1.807) is 18.1 Å². The van der Waals surface area contributed by atoms with Crippen molar-refractivity contribution in [1.29, 1.82) is 0 Å². The number of carbonyl (C=O) groups is 1. The Bertz CT molecular complexity index is 789. The SMILES string of the molecule is COc1ccc(-c2ccc(C(=O)N3CCC4(CC3)OCCC[C@@H]4O)o2)cc1. The van der Waals surface area contributed by atoms with Crippen LogP contribution in [0.1, 0.15) is 36.2 Å². The Kier molecular flexibility index (Phi) is 4.93. The minimum atomic E-state index is -0.480. The van der Waals surface area contributed by atoms with E-state index in [4.69, 9.17) is 13.9 Å². The maximum absolute atomic E-state index is 12.8. The Morgan fingerprint density at radius 1 is 1.19 bits per heavy atom. The van der Waals surface area contributed by atoms with E-state index in [0.29, 0.717) is 44.1 Å². The van der Waals surface area contributed by atoms with Crippen LogP contribution in [0.15, 0.2) is 40.8 Å². The highest BCUT2D eigenvalue weighted by Gasteiger charge is 2.44. The van der Waals surface area contributed by atoms with Gasteiger partial charge in [0.15, 0.2) is 5.76 Å². The highest BCUT2D eigenvalue weighted by Crippen LogP contribution is 2.36. The fourth-order valence-electron chi connectivity index (χ4n) is 4.00. The normalized spacial score (nSPS) is 22.0. The van der Waals surface area contributed by atoms with Crippen LogP contribution in [0, 0.1) is 0 Å². The van der Waals surface area contributed by atoms with E-state index >= 15 is 0 Å². The molecule has 1 atom stereocenters. The molecule has 0 unspecified atom stereocenters. The van der Waals surface area contributed by atoms with Gasteiger partial charge in [0, 0.05) is 25.3 Å². The van der Waals surface area contributed by atoms with Crippen molar-refractivity contribution in [1.82, 2.24) is 4.90 Å². The number of amides is 1. The van der Waals surface area contributed by atoms with Crippen LogP contribution in [-0.4, -0.2) is 54.4 Å². The topological polar surface area (TPSA) is 72.1 Å². The van der Waals surface area contributed by atoms with Crippen LogP contribution in [0.4, 0.5) is 0 Å². The molecule has 2 aromatic rings.